The Morgan fingerprint density at radius 2 is 2.00 bits per heavy atom. The molecule has 1 rings (SSSR count). The molecule has 1 aromatic rings. The topological polar surface area (TPSA) is 124 Å². The Labute approximate surface area is 122 Å². The highest BCUT2D eigenvalue weighted by Crippen LogP contribution is 2.20. The molecule has 7 nitrogen and oxygen atoms in total. The van der Waals surface area contributed by atoms with Crippen LogP contribution in [0.2, 0.25) is 0 Å². The molecule has 0 saturated heterocycles. The average Bonchev–Trinajstić information content (AvgIpc) is 2.33. The molecule has 0 amide bonds. The molecular formula is C13H17NO6S. The minimum atomic E-state index is -4.41. The number of hydrogen-bond acceptors (Lipinski definition) is 5. The van der Waals surface area contributed by atoms with Crippen molar-refractivity contribution in [3.8, 4) is 5.75 Å². The summed E-state index contributed by atoms with van der Waals surface area (Å²) in [6.45, 7) is 3.70. The van der Waals surface area contributed by atoms with Crippen molar-refractivity contribution in [1.29, 1.82) is 0 Å². The maximum Gasteiger partial charge on any atom is 0.328 e. The molecule has 8 heteroatoms. The van der Waals surface area contributed by atoms with Crippen LogP contribution in [0, 0.1) is 5.92 Å². The van der Waals surface area contributed by atoms with Crippen molar-refractivity contribution in [3.63, 3.8) is 0 Å². The molecule has 3 N–H and O–H groups in total. The molecule has 0 bridgehead atoms. The highest BCUT2D eigenvalue weighted by molar-refractivity contribution is 7.85. The van der Waals surface area contributed by atoms with Crippen molar-refractivity contribution in [3.05, 3.63) is 23.8 Å². The van der Waals surface area contributed by atoms with Crippen molar-refractivity contribution >= 4 is 22.3 Å². The Kier molecular flexibility index (Phi) is 5.45. The van der Waals surface area contributed by atoms with Gasteiger partial charge >= 0.3 is 5.97 Å². The lowest BCUT2D eigenvalue weighted by atomic mass is 10.0. The molecule has 0 heterocycles. The Balaban J connectivity index is 3.10. The summed E-state index contributed by atoms with van der Waals surface area (Å²) >= 11 is 0. The van der Waals surface area contributed by atoms with Crippen molar-refractivity contribution in [2.45, 2.75) is 31.2 Å². The van der Waals surface area contributed by atoms with E-state index in [0.717, 1.165) is 24.4 Å². The van der Waals surface area contributed by atoms with Gasteiger partial charge in [-0.1, -0.05) is 13.8 Å². The van der Waals surface area contributed by atoms with E-state index in [0.29, 0.717) is 6.42 Å². The van der Waals surface area contributed by atoms with Gasteiger partial charge in [0.1, 0.15) is 11.8 Å². The monoisotopic (exact) mass is 315 g/mol. The lowest BCUT2D eigenvalue weighted by Gasteiger charge is -2.10. The molecule has 0 saturated carbocycles. The van der Waals surface area contributed by atoms with Gasteiger partial charge in [0, 0.05) is 11.8 Å². The standard InChI is InChI=1S/C13H17NO6S/c1-8(2)5-11(13(16)17)14-7-9-6-10(21(18,19)20)3-4-12(9)15/h3-4,6-8,11,15H,5H2,1-2H3,(H,16,17)(H,18,19,20). The number of carboxylic acids is 1. The molecule has 0 aromatic heterocycles. The van der Waals surface area contributed by atoms with Crippen molar-refractivity contribution in [2.75, 3.05) is 0 Å². The summed E-state index contributed by atoms with van der Waals surface area (Å²) in [6.07, 6.45) is 1.40. The van der Waals surface area contributed by atoms with Crippen molar-refractivity contribution < 1.29 is 28.0 Å². The van der Waals surface area contributed by atoms with E-state index in [-0.39, 0.29) is 17.2 Å². The van der Waals surface area contributed by atoms with Crippen LogP contribution in [0.15, 0.2) is 28.1 Å². The summed E-state index contributed by atoms with van der Waals surface area (Å²) in [5.41, 5.74) is 0.0140. The van der Waals surface area contributed by atoms with Gasteiger partial charge in [-0.15, -0.1) is 0 Å². The molecule has 0 aliphatic rings. The first kappa shape index (κ1) is 17.1. The number of aromatic hydroxyl groups is 1. The van der Waals surface area contributed by atoms with Gasteiger partial charge in [-0.2, -0.15) is 8.42 Å². The van der Waals surface area contributed by atoms with Crippen molar-refractivity contribution in [1.82, 2.24) is 0 Å². The second-order valence-corrected chi connectivity index (χ2v) is 6.38. The van der Waals surface area contributed by atoms with Gasteiger partial charge in [0.05, 0.1) is 4.90 Å². The van der Waals surface area contributed by atoms with Crippen LogP contribution in [-0.2, 0) is 14.9 Å². The fourth-order valence-corrected chi connectivity index (χ4v) is 2.15. The van der Waals surface area contributed by atoms with E-state index in [9.17, 15) is 18.3 Å². The number of nitrogens with zero attached hydrogens (tertiary/aromatic N) is 1. The lowest BCUT2D eigenvalue weighted by molar-refractivity contribution is -0.138. The highest BCUT2D eigenvalue weighted by atomic mass is 32.2. The molecule has 0 aliphatic heterocycles. The second-order valence-electron chi connectivity index (χ2n) is 4.96. The summed E-state index contributed by atoms with van der Waals surface area (Å²) in [5.74, 6) is -1.26. The van der Waals surface area contributed by atoms with Gasteiger partial charge in [0.2, 0.25) is 0 Å². The van der Waals surface area contributed by atoms with Crippen LogP contribution in [0.5, 0.6) is 5.75 Å². The van der Waals surface area contributed by atoms with E-state index in [1.54, 1.807) is 0 Å². The number of aliphatic imine (C=N–C) groups is 1. The number of aliphatic carboxylic acids is 1. The van der Waals surface area contributed by atoms with E-state index in [1.807, 2.05) is 13.8 Å². The van der Waals surface area contributed by atoms with Crippen LogP contribution < -0.4 is 0 Å². The molecule has 0 fully saturated rings. The number of hydrogen-bond donors (Lipinski definition) is 3. The summed E-state index contributed by atoms with van der Waals surface area (Å²) < 4.78 is 31.0. The Hall–Kier alpha value is -1.93. The third kappa shape index (κ3) is 5.16. The van der Waals surface area contributed by atoms with E-state index >= 15 is 0 Å². The predicted molar refractivity (Wildman–Crippen MR) is 76.4 cm³/mol. The largest absolute Gasteiger partial charge is 0.507 e. The Bertz CT molecular complexity index is 651. The normalized spacial score (nSPS) is 13.7. The number of carbonyl (C=O) groups is 1. The van der Waals surface area contributed by atoms with Gasteiger partial charge < -0.3 is 10.2 Å². The fourth-order valence-electron chi connectivity index (χ4n) is 1.64. The molecule has 0 aliphatic carbocycles. The number of phenolic OH excluding ortho intramolecular Hbond substituents is 1. The first-order chi connectivity index (χ1) is 9.61. The van der Waals surface area contributed by atoms with Crippen LogP contribution >= 0.6 is 0 Å². The van der Waals surface area contributed by atoms with Gasteiger partial charge in [0.25, 0.3) is 10.1 Å². The van der Waals surface area contributed by atoms with Crippen LogP contribution in [-0.4, -0.2) is 41.4 Å². The van der Waals surface area contributed by atoms with Gasteiger partial charge in [0.15, 0.2) is 0 Å². The fraction of sp³-hybridized carbons (Fsp3) is 0.385. The predicted octanol–water partition coefficient (Wildman–Crippen LogP) is 1.56. The van der Waals surface area contributed by atoms with E-state index < -0.39 is 27.0 Å². The van der Waals surface area contributed by atoms with Crippen LogP contribution in [0.1, 0.15) is 25.8 Å². The number of phenols is 1. The lowest BCUT2D eigenvalue weighted by Crippen LogP contribution is -2.20. The maximum atomic E-state index is 11.1. The molecule has 1 atom stereocenters. The minimum absolute atomic E-state index is 0.0140. The van der Waals surface area contributed by atoms with Gasteiger partial charge in [-0.25, -0.2) is 4.79 Å². The minimum Gasteiger partial charge on any atom is -0.507 e. The van der Waals surface area contributed by atoms with E-state index in [2.05, 4.69) is 4.99 Å². The summed E-state index contributed by atoms with van der Waals surface area (Å²) in [7, 11) is -4.41. The first-order valence-electron chi connectivity index (χ1n) is 6.17. The number of rotatable bonds is 6. The Morgan fingerprint density at radius 1 is 1.38 bits per heavy atom. The van der Waals surface area contributed by atoms with Gasteiger partial charge in [-0.3, -0.25) is 9.55 Å². The van der Waals surface area contributed by atoms with Crippen LogP contribution in [0.25, 0.3) is 0 Å². The average molecular weight is 315 g/mol. The highest BCUT2D eigenvalue weighted by Gasteiger charge is 2.17. The van der Waals surface area contributed by atoms with E-state index in [4.69, 9.17) is 9.66 Å². The molecule has 0 radical (unpaired) electrons. The summed E-state index contributed by atoms with van der Waals surface area (Å²) in [4.78, 5) is 14.5. The molecule has 0 spiro atoms. The summed E-state index contributed by atoms with van der Waals surface area (Å²) in [5, 5.41) is 18.7. The maximum absolute atomic E-state index is 11.1. The smallest absolute Gasteiger partial charge is 0.328 e. The van der Waals surface area contributed by atoms with Crippen LogP contribution in [0.4, 0.5) is 0 Å². The van der Waals surface area contributed by atoms with Crippen LogP contribution in [0.3, 0.4) is 0 Å². The molecule has 116 valence electrons. The van der Waals surface area contributed by atoms with E-state index in [1.165, 1.54) is 0 Å². The zero-order valence-electron chi connectivity index (χ0n) is 11.6. The zero-order valence-corrected chi connectivity index (χ0v) is 12.4. The third-order valence-electron chi connectivity index (χ3n) is 2.67. The van der Waals surface area contributed by atoms with Crippen molar-refractivity contribution in [2.24, 2.45) is 10.9 Å². The second kappa shape index (κ2) is 6.68. The molecular weight excluding hydrogens is 298 g/mol. The first-order valence-corrected chi connectivity index (χ1v) is 7.61. The third-order valence-corrected chi connectivity index (χ3v) is 3.52. The Morgan fingerprint density at radius 3 is 2.48 bits per heavy atom. The molecule has 21 heavy (non-hydrogen) atoms. The SMILES string of the molecule is CC(C)CC(N=Cc1cc(S(=O)(=O)O)ccc1O)C(=O)O. The quantitative estimate of drug-likeness (QED) is 0.540. The van der Waals surface area contributed by atoms with Gasteiger partial charge in [-0.05, 0) is 30.5 Å². The summed E-state index contributed by atoms with van der Waals surface area (Å²) in [6, 6.07) is 2.15. The number of carboxylic acid groups (broad SMARTS) is 1. The number of benzene rings is 1. The molecule has 1 unspecified atom stereocenters. The molecule has 1 aromatic carbocycles. The zero-order chi connectivity index (χ0) is 16.2.